The molecule has 0 unspecified atom stereocenters. The molecule has 2 atom stereocenters. The third-order valence-electron chi connectivity index (χ3n) is 2.52. The zero-order chi connectivity index (χ0) is 11.3. The fourth-order valence-corrected chi connectivity index (χ4v) is 1.78. The van der Waals surface area contributed by atoms with E-state index >= 15 is 0 Å². The van der Waals surface area contributed by atoms with Crippen LogP contribution < -0.4 is 16.8 Å². The number of nitrogens with two attached hydrogens (primary N) is 2. The molecule has 0 radical (unpaired) electrons. The van der Waals surface area contributed by atoms with Crippen LogP contribution in [0.25, 0.3) is 0 Å². The van der Waals surface area contributed by atoms with Crippen LogP contribution >= 0.6 is 0 Å². The van der Waals surface area contributed by atoms with E-state index in [-0.39, 0.29) is 17.9 Å². The van der Waals surface area contributed by atoms with Gasteiger partial charge in [-0.15, -0.1) is 0 Å². The standard InChI is InChI=1S/C10H19FN4/c1-14-6-9(11)10(13)15-8-4-2-3-7(12)5-8/h6-8,14H,2-5,12H2,1H3,(H2,13,15)/b9-6+/t7-,8+/m0/s1. The van der Waals surface area contributed by atoms with Crippen LogP contribution in [-0.2, 0) is 0 Å². The highest BCUT2D eigenvalue weighted by Crippen LogP contribution is 2.20. The minimum Gasteiger partial charge on any atom is -0.392 e. The number of nitrogens with one attached hydrogen (secondary N) is 1. The third-order valence-corrected chi connectivity index (χ3v) is 2.52. The lowest BCUT2D eigenvalue weighted by Crippen LogP contribution is -2.31. The van der Waals surface area contributed by atoms with E-state index in [1.807, 2.05) is 0 Å². The molecule has 1 aliphatic rings. The summed E-state index contributed by atoms with van der Waals surface area (Å²) in [6.45, 7) is 0. The maximum Gasteiger partial charge on any atom is 0.180 e. The smallest absolute Gasteiger partial charge is 0.180 e. The Morgan fingerprint density at radius 1 is 1.53 bits per heavy atom. The molecule has 0 saturated heterocycles. The van der Waals surface area contributed by atoms with Crippen molar-refractivity contribution in [1.29, 1.82) is 0 Å². The topological polar surface area (TPSA) is 76.4 Å². The average molecular weight is 214 g/mol. The Hall–Kier alpha value is -1.10. The van der Waals surface area contributed by atoms with Crippen LogP contribution in [0.3, 0.4) is 0 Å². The molecule has 0 spiro atoms. The van der Waals surface area contributed by atoms with Gasteiger partial charge < -0.3 is 16.8 Å². The molecule has 0 aliphatic heterocycles. The summed E-state index contributed by atoms with van der Waals surface area (Å²) in [5.41, 5.74) is 11.3. The van der Waals surface area contributed by atoms with E-state index in [2.05, 4.69) is 10.3 Å². The zero-order valence-electron chi connectivity index (χ0n) is 9.04. The van der Waals surface area contributed by atoms with Crippen LogP contribution in [0.15, 0.2) is 17.0 Å². The SMILES string of the molecule is CN/C=C(/F)C(N)=N[C@@H]1CCC[C@H](N)C1. The normalized spacial score (nSPS) is 29.0. The van der Waals surface area contributed by atoms with E-state index in [0.29, 0.717) is 0 Å². The van der Waals surface area contributed by atoms with Crippen molar-refractivity contribution in [1.82, 2.24) is 5.32 Å². The second-order valence-corrected chi connectivity index (χ2v) is 3.88. The molecule has 0 heterocycles. The van der Waals surface area contributed by atoms with Gasteiger partial charge in [0.15, 0.2) is 11.7 Å². The molecule has 5 heteroatoms. The fourth-order valence-electron chi connectivity index (χ4n) is 1.78. The number of hydrogen-bond acceptors (Lipinski definition) is 3. The highest BCUT2D eigenvalue weighted by atomic mass is 19.1. The molecule has 1 fully saturated rings. The van der Waals surface area contributed by atoms with Gasteiger partial charge in [0, 0.05) is 19.3 Å². The second-order valence-electron chi connectivity index (χ2n) is 3.88. The number of hydrogen-bond donors (Lipinski definition) is 3. The summed E-state index contributed by atoms with van der Waals surface area (Å²) in [6, 6.07) is 0.251. The lowest BCUT2D eigenvalue weighted by Gasteiger charge is -2.23. The molecule has 5 N–H and O–H groups in total. The van der Waals surface area contributed by atoms with Crippen molar-refractivity contribution in [2.75, 3.05) is 7.05 Å². The summed E-state index contributed by atoms with van der Waals surface area (Å²) in [6.07, 6.45) is 5.01. The van der Waals surface area contributed by atoms with Crippen LogP contribution in [-0.4, -0.2) is 25.0 Å². The van der Waals surface area contributed by atoms with Gasteiger partial charge in [-0.25, -0.2) is 4.39 Å². The Labute approximate surface area is 89.6 Å². The van der Waals surface area contributed by atoms with Crippen LogP contribution in [0.2, 0.25) is 0 Å². The molecule has 1 rings (SSSR count). The Bertz CT molecular complexity index is 262. The van der Waals surface area contributed by atoms with Crippen molar-refractivity contribution in [3.63, 3.8) is 0 Å². The molecule has 0 aromatic heterocycles. The predicted molar refractivity (Wildman–Crippen MR) is 60.1 cm³/mol. The van der Waals surface area contributed by atoms with Gasteiger partial charge in [-0.3, -0.25) is 4.99 Å². The van der Waals surface area contributed by atoms with E-state index in [1.54, 1.807) is 7.05 Å². The lowest BCUT2D eigenvalue weighted by molar-refractivity contribution is 0.393. The molecular formula is C10H19FN4. The van der Waals surface area contributed by atoms with Gasteiger partial charge in [-0.1, -0.05) is 0 Å². The second kappa shape index (κ2) is 5.70. The summed E-state index contributed by atoms with van der Waals surface area (Å²) in [7, 11) is 1.61. The minimum absolute atomic E-state index is 0.0385. The molecule has 0 aromatic rings. The minimum atomic E-state index is -0.517. The van der Waals surface area contributed by atoms with Crippen molar-refractivity contribution >= 4 is 5.84 Å². The van der Waals surface area contributed by atoms with Gasteiger partial charge in [-0.05, 0) is 25.7 Å². The lowest BCUT2D eigenvalue weighted by atomic mass is 9.92. The highest BCUT2D eigenvalue weighted by molar-refractivity contribution is 5.94. The molecular weight excluding hydrogens is 195 g/mol. The Morgan fingerprint density at radius 2 is 2.27 bits per heavy atom. The largest absolute Gasteiger partial charge is 0.392 e. The van der Waals surface area contributed by atoms with Crippen molar-refractivity contribution in [2.45, 2.75) is 37.8 Å². The Morgan fingerprint density at radius 3 is 2.87 bits per heavy atom. The third kappa shape index (κ3) is 3.87. The first kappa shape index (κ1) is 12.0. The molecule has 0 amide bonds. The number of nitrogens with zero attached hydrogens (tertiary/aromatic N) is 1. The van der Waals surface area contributed by atoms with Crippen LogP contribution in [0.5, 0.6) is 0 Å². The summed E-state index contributed by atoms with van der Waals surface area (Å²) in [5, 5.41) is 2.57. The van der Waals surface area contributed by atoms with Gasteiger partial charge in [-0.2, -0.15) is 0 Å². The van der Waals surface area contributed by atoms with Crippen LogP contribution in [0.4, 0.5) is 4.39 Å². The molecule has 0 aromatic carbocycles. The molecule has 1 saturated carbocycles. The molecule has 1 aliphatic carbocycles. The van der Waals surface area contributed by atoms with Crippen LogP contribution in [0, 0.1) is 0 Å². The van der Waals surface area contributed by atoms with Gasteiger partial charge in [0.2, 0.25) is 0 Å². The van der Waals surface area contributed by atoms with Gasteiger partial charge in [0.25, 0.3) is 0 Å². The van der Waals surface area contributed by atoms with Crippen molar-refractivity contribution in [3.8, 4) is 0 Å². The van der Waals surface area contributed by atoms with Crippen molar-refractivity contribution < 1.29 is 4.39 Å². The summed E-state index contributed by atoms with van der Waals surface area (Å²) < 4.78 is 13.2. The first-order valence-electron chi connectivity index (χ1n) is 5.25. The summed E-state index contributed by atoms with van der Waals surface area (Å²) in [4.78, 5) is 4.14. The maximum atomic E-state index is 13.2. The highest BCUT2D eigenvalue weighted by Gasteiger charge is 2.19. The molecule has 15 heavy (non-hydrogen) atoms. The molecule has 0 bridgehead atoms. The Balaban J connectivity index is 2.57. The van der Waals surface area contributed by atoms with Gasteiger partial charge in [0.1, 0.15) is 0 Å². The number of rotatable bonds is 3. The fraction of sp³-hybridized carbons (Fsp3) is 0.700. The maximum absolute atomic E-state index is 13.2. The molecule has 4 nitrogen and oxygen atoms in total. The van der Waals surface area contributed by atoms with Crippen molar-refractivity contribution in [2.24, 2.45) is 16.5 Å². The zero-order valence-corrected chi connectivity index (χ0v) is 9.04. The van der Waals surface area contributed by atoms with Crippen LogP contribution in [0.1, 0.15) is 25.7 Å². The average Bonchev–Trinajstić information content (AvgIpc) is 2.18. The number of aliphatic imine (C=N–C) groups is 1. The predicted octanol–water partition coefficient (Wildman–Crippen LogP) is 0.644. The number of amidine groups is 1. The summed E-state index contributed by atoms with van der Waals surface area (Å²) >= 11 is 0. The first-order valence-corrected chi connectivity index (χ1v) is 5.25. The van der Waals surface area contributed by atoms with Gasteiger partial charge >= 0.3 is 0 Å². The van der Waals surface area contributed by atoms with Crippen molar-refractivity contribution in [3.05, 3.63) is 12.0 Å². The number of halogens is 1. The van der Waals surface area contributed by atoms with E-state index < -0.39 is 5.83 Å². The summed E-state index contributed by atoms with van der Waals surface area (Å²) in [5.74, 6) is -0.555. The van der Waals surface area contributed by atoms with E-state index in [9.17, 15) is 4.39 Å². The quantitative estimate of drug-likeness (QED) is 0.477. The van der Waals surface area contributed by atoms with E-state index in [0.717, 1.165) is 25.7 Å². The first-order chi connectivity index (χ1) is 7.13. The monoisotopic (exact) mass is 214 g/mol. The van der Waals surface area contributed by atoms with Gasteiger partial charge in [0.05, 0.1) is 6.04 Å². The Kier molecular flexibility index (Phi) is 4.55. The molecule has 86 valence electrons. The van der Waals surface area contributed by atoms with E-state index in [1.165, 1.54) is 6.20 Å². The van der Waals surface area contributed by atoms with E-state index in [4.69, 9.17) is 11.5 Å².